The standard InChI is InChI=1S/C13H10O3S/c1-8-13(14)11-6-9-4-2-3-5-10(9)7-12(11)17(8,15)16/h2-8H,1H3. The molecule has 1 unspecified atom stereocenters. The second-order valence-corrected chi connectivity index (χ2v) is 6.48. The van der Waals surface area contributed by atoms with Crippen LogP contribution in [0.1, 0.15) is 17.3 Å². The van der Waals surface area contributed by atoms with E-state index in [0.29, 0.717) is 5.56 Å². The molecule has 2 aromatic rings. The Morgan fingerprint density at radius 1 is 1.06 bits per heavy atom. The Hall–Kier alpha value is -1.68. The van der Waals surface area contributed by atoms with Crippen LogP contribution in [-0.2, 0) is 9.84 Å². The van der Waals surface area contributed by atoms with Crippen LogP contribution >= 0.6 is 0 Å². The highest BCUT2D eigenvalue weighted by atomic mass is 32.2. The molecular weight excluding hydrogens is 236 g/mol. The van der Waals surface area contributed by atoms with Crippen molar-refractivity contribution in [3.8, 4) is 0 Å². The molecule has 0 spiro atoms. The minimum atomic E-state index is -3.47. The molecule has 1 aliphatic rings. The zero-order valence-electron chi connectivity index (χ0n) is 9.17. The average molecular weight is 246 g/mol. The van der Waals surface area contributed by atoms with Crippen LogP contribution < -0.4 is 0 Å². The maximum absolute atomic E-state index is 12.0. The number of carbonyl (C=O) groups excluding carboxylic acids is 1. The third-order valence-electron chi connectivity index (χ3n) is 3.25. The third kappa shape index (κ3) is 1.27. The van der Waals surface area contributed by atoms with Gasteiger partial charge in [-0.25, -0.2) is 8.42 Å². The summed E-state index contributed by atoms with van der Waals surface area (Å²) in [5.41, 5.74) is 0.330. The van der Waals surface area contributed by atoms with Crippen LogP contribution in [0.2, 0.25) is 0 Å². The molecule has 0 aromatic heterocycles. The zero-order valence-corrected chi connectivity index (χ0v) is 9.99. The van der Waals surface area contributed by atoms with Crippen LogP contribution in [0, 0.1) is 0 Å². The number of Topliss-reactive ketones (excluding diaryl/α,β-unsaturated/α-hetero) is 1. The maximum Gasteiger partial charge on any atom is 0.189 e. The number of hydrogen-bond acceptors (Lipinski definition) is 3. The van der Waals surface area contributed by atoms with Crippen molar-refractivity contribution in [2.75, 3.05) is 0 Å². The van der Waals surface area contributed by atoms with Crippen molar-refractivity contribution >= 4 is 26.4 Å². The normalized spacial score (nSPS) is 21.7. The molecular formula is C13H10O3S. The first-order valence-corrected chi connectivity index (χ1v) is 6.87. The van der Waals surface area contributed by atoms with Crippen molar-refractivity contribution in [2.45, 2.75) is 17.1 Å². The van der Waals surface area contributed by atoms with Crippen LogP contribution in [-0.4, -0.2) is 19.5 Å². The van der Waals surface area contributed by atoms with Crippen molar-refractivity contribution in [1.29, 1.82) is 0 Å². The smallest absolute Gasteiger partial charge is 0.189 e. The summed E-state index contributed by atoms with van der Waals surface area (Å²) in [5.74, 6) is -0.300. The van der Waals surface area contributed by atoms with Gasteiger partial charge in [0.15, 0.2) is 15.6 Å². The lowest BCUT2D eigenvalue weighted by Gasteiger charge is -2.01. The van der Waals surface area contributed by atoms with Gasteiger partial charge in [-0.3, -0.25) is 4.79 Å². The topological polar surface area (TPSA) is 51.2 Å². The lowest BCUT2D eigenvalue weighted by Crippen LogP contribution is -2.17. The summed E-state index contributed by atoms with van der Waals surface area (Å²) in [5, 5.41) is 0.787. The number of fused-ring (bicyclic) bond motifs is 2. The van der Waals surface area contributed by atoms with E-state index in [4.69, 9.17) is 0 Å². The fourth-order valence-corrected chi connectivity index (χ4v) is 3.74. The summed E-state index contributed by atoms with van der Waals surface area (Å²) in [6.45, 7) is 1.45. The highest BCUT2D eigenvalue weighted by molar-refractivity contribution is 7.93. The summed E-state index contributed by atoms with van der Waals surface area (Å²) in [4.78, 5) is 12.1. The Bertz CT molecular complexity index is 744. The number of rotatable bonds is 0. The van der Waals surface area contributed by atoms with Crippen LogP contribution in [0.3, 0.4) is 0 Å². The number of carbonyl (C=O) groups is 1. The molecule has 1 aliphatic heterocycles. The largest absolute Gasteiger partial charge is 0.293 e. The molecule has 3 nitrogen and oxygen atoms in total. The molecule has 0 bridgehead atoms. The molecule has 0 aliphatic carbocycles. The van der Waals surface area contributed by atoms with Gasteiger partial charge >= 0.3 is 0 Å². The molecule has 0 radical (unpaired) electrons. The van der Waals surface area contributed by atoms with Crippen LogP contribution in [0.5, 0.6) is 0 Å². The van der Waals surface area contributed by atoms with Crippen LogP contribution in [0.25, 0.3) is 10.8 Å². The summed E-state index contributed by atoms with van der Waals surface area (Å²) in [7, 11) is -3.47. The fraction of sp³-hybridized carbons (Fsp3) is 0.154. The Balaban J connectivity index is 2.46. The van der Waals surface area contributed by atoms with E-state index >= 15 is 0 Å². The summed E-state index contributed by atoms with van der Waals surface area (Å²) < 4.78 is 24.0. The fourth-order valence-electron chi connectivity index (χ4n) is 2.20. The van der Waals surface area contributed by atoms with Crippen LogP contribution in [0.4, 0.5) is 0 Å². The molecule has 0 N–H and O–H groups in total. The van der Waals surface area contributed by atoms with Gasteiger partial charge in [0.25, 0.3) is 0 Å². The van der Waals surface area contributed by atoms with Gasteiger partial charge in [-0.2, -0.15) is 0 Å². The van der Waals surface area contributed by atoms with Crippen molar-refractivity contribution in [3.63, 3.8) is 0 Å². The molecule has 0 fully saturated rings. The van der Waals surface area contributed by atoms with Gasteiger partial charge in [-0.05, 0) is 29.8 Å². The lowest BCUT2D eigenvalue weighted by molar-refractivity contribution is 0.0995. The highest BCUT2D eigenvalue weighted by Crippen LogP contribution is 2.34. The molecule has 86 valence electrons. The van der Waals surface area contributed by atoms with E-state index < -0.39 is 15.1 Å². The number of hydrogen-bond donors (Lipinski definition) is 0. The second-order valence-electron chi connectivity index (χ2n) is 4.25. The van der Waals surface area contributed by atoms with Crippen LogP contribution in [0.15, 0.2) is 41.3 Å². The van der Waals surface area contributed by atoms with Gasteiger partial charge in [-0.1, -0.05) is 24.3 Å². The van der Waals surface area contributed by atoms with Crippen molar-refractivity contribution in [2.24, 2.45) is 0 Å². The van der Waals surface area contributed by atoms with Gasteiger partial charge in [0.2, 0.25) is 0 Å². The van der Waals surface area contributed by atoms with Gasteiger partial charge < -0.3 is 0 Å². The first-order valence-electron chi connectivity index (χ1n) is 5.33. The molecule has 0 saturated heterocycles. The van der Waals surface area contributed by atoms with Crippen molar-refractivity contribution in [1.82, 2.24) is 0 Å². The number of sulfone groups is 1. The Labute approximate surface area is 99.0 Å². The van der Waals surface area contributed by atoms with Crippen molar-refractivity contribution < 1.29 is 13.2 Å². The van der Waals surface area contributed by atoms with Gasteiger partial charge in [-0.15, -0.1) is 0 Å². The van der Waals surface area contributed by atoms with Gasteiger partial charge in [0.05, 0.1) is 4.90 Å². The first kappa shape index (κ1) is 10.5. The second kappa shape index (κ2) is 3.17. The summed E-state index contributed by atoms with van der Waals surface area (Å²) in [6.07, 6.45) is 0. The Morgan fingerprint density at radius 3 is 2.29 bits per heavy atom. The minimum absolute atomic E-state index is 0.175. The molecule has 1 atom stereocenters. The van der Waals surface area contributed by atoms with E-state index in [1.165, 1.54) is 6.92 Å². The predicted octanol–water partition coefficient (Wildman–Crippen LogP) is 2.20. The number of ketones is 1. The highest BCUT2D eigenvalue weighted by Gasteiger charge is 2.41. The van der Waals surface area contributed by atoms with Gasteiger partial charge in [0, 0.05) is 5.56 Å². The van der Waals surface area contributed by atoms with E-state index in [1.54, 1.807) is 12.1 Å². The summed E-state index contributed by atoms with van der Waals surface area (Å²) in [6, 6.07) is 10.7. The molecule has 1 heterocycles. The van der Waals surface area contributed by atoms with Gasteiger partial charge in [0.1, 0.15) is 5.25 Å². The molecule has 3 rings (SSSR count). The quantitative estimate of drug-likeness (QED) is 0.716. The minimum Gasteiger partial charge on any atom is -0.293 e. The maximum atomic E-state index is 12.0. The van der Waals surface area contributed by atoms with E-state index in [-0.39, 0.29) is 10.7 Å². The Kier molecular flexibility index (Phi) is 1.95. The van der Waals surface area contributed by atoms with E-state index in [2.05, 4.69) is 0 Å². The lowest BCUT2D eigenvalue weighted by atomic mass is 10.0. The van der Waals surface area contributed by atoms with E-state index in [0.717, 1.165) is 10.8 Å². The first-order chi connectivity index (χ1) is 8.01. The summed E-state index contributed by atoms with van der Waals surface area (Å²) >= 11 is 0. The molecule has 0 saturated carbocycles. The van der Waals surface area contributed by atoms with E-state index in [1.807, 2.05) is 24.3 Å². The molecule has 2 aromatic carbocycles. The average Bonchev–Trinajstić information content (AvgIpc) is 2.49. The molecule has 4 heteroatoms. The SMILES string of the molecule is CC1C(=O)c2cc3ccccc3cc2S1(=O)=O. The number of benzene rings is 2. The van der Waals surface area contributed by atoms with Crippen molar-refractivity contribution in [3.05, 3.63) is 42.0 Å². The zero-order chi connectivity index (χ0) is 12.2. The monoisotopic (exact) mass is 246 g/mol. The predicted molar refractivity (Wildman–Crippen MR) is 64.9 cm³/mol. The molecule has 0 amide bonds. The molecule has 17 heavy (non-hydrogen) atoms. The van der Waals surface area contributed by atoms with E-state index in [9.17, 15) is 13.2 Å². The Morgan fingerprint density at radius 2 is 1.65 bits per heavy atom. The third-order valence-corrected chi connectivity index (χ3v) is 5.35.